The number of cyclic esters (lactones) is 1. The van der Waals surface area contributed by atoms with Gasteiger partial charge in [0, 0.05) is 6.20 Å². The molecule has 90 valence electrons. The van der Waals surface area contributed by atoms with E-state index in [0.717, 1.165) is 12.8 Å². The van der Waals surface area contributed by atoms with Crippen molar-refractivity contribution in [2.45, 2.75) is 44.8 Å². The second-order valence-electron chi connectivity index (χ2n) is 4.76. The van der Waals surface area contributed by atoms with Gasteiger partial charge < -0.3 is 9.47 Å². The Labute approximate surface area is 96.2 Å². The summed E-state index contributed by atoms with van der Waals surface area (Å²) in [7, 11) is 0. The smallest absolute Gasteiger partial charge is 0.413 e. The molecule has 2 saturated heterocycles. The molecular weight excluding hydrogens is 206 g/mol. The summed E-state index contributed by atoms with van der Waals surface area (Å²) in [4.78, 5) is 12.8. The van der Waals surface area contributed by atoms with Crippen molar-refractivity contribution in [3.63, 3.8) is 0 Å². The minimum absolute atomic E-state index is 0.236. The monoisotopic (exact) mass is 225 g/mol. The average Bonchev–Trinajstić information content (AvgIpc) is 2.61. The standard InChI is InChI=1S/C12H19NO3/c1-10-4-3-5-12(2,16-10)6-7-13-8-9-15-11(13)14/h6-7,10H,3-5,8-9H2,1-2H3/b7-6+/t10-,12-/m1/s1. The van der Waals surface area contributed by atoms with E-state index in [2.05, 4.69) is 13.8 Å². The van der Waals surface area contributed by atoms with Crippen LogP contribution >= 0.6 is 0 Å². The van der Waals surface area contributed by atoms with Gasteiger partial charge in [-0.25, -0.2) is 4.79 Å². The first-order chi connectivity index (χ1) is 7.59. The van der Waals surface area contributed by atoms with Gasteiger partial charge in [-0.3, -0.25) is 4.90 Å². The largest absolute Gasteiger partial charge is 0.447 e. The molecule has 2 fully saturated rings. The molecule has 2 aliphatic rings. The molecule has 2 heterocycles. The van der Waals surface area contributed by atoms with E-state index >= 15 is 0 Å². The highest BCUT2D eigenvalue weighted by Crippen LogP contribution is 2.29. The van der Waals surface area contributed by atoms with Crippen molar-refractivity contribution in [3.05, 3.63) is 12.3 Å². The molecule has 0 spiro atoms. The molecule has 0 aromatic rings. The maximum Gasteiger partial charge on any atom is 0.413 e. The second kappa shape index (κ2) is 4.45. The number of ether oxygens (including phenoxy) is 2. The molecule has 0 aromatic carbocycles. The predicted molar refractivity (Wildman–Crippen MR) is 60.0 cm³/mol. The zero-order chi connectivity index (χ0) is 11.6. The molecule has 0 saturated carbocycles. The summed E-state index contributed by atoms with van der Waals surface area (Å²) in [6.07, 6.45) is 7.12. The van der Waals surface area contributed by atoms with Crippen LogP contribution in [0.1, 0.15) is 33.1 Å². The maximum atomic E-state index is 11.2. The lowest BCUT2D eigenvalue weighted by atomic mass is 9.93. The minimum atomic E-state index is -0.260. The van der Waals surface area contributed by atoms with Gasteiger partial charge >= 0.3 is 6.09 Å². The Morgan fingerprint density at radius 2 is 2.38 bits per heavy atom. The number of carbonyl (C=O) groups excluding carboxylic acids is 1. The molecule has 16 heavy (non-hydrogen) atoms. The number of nitrogens with zero attached hydrogens (tertiary/aromatic N) is 1. The Hall–Kier alpha value is -1.03. The van der Waals surface area contributed by atoms with Crippen molar-refractivity contribution in [2.75, 3.05) is 13.2 Å². The number of rotatable bonds is 2. The molecule has 0 unspecified atom stereocenters. The van der Waals surface area contributed by atoms with Crippen LogP contribution in [0.25, 0.3) is 0 Å². The first-order valence-electron chi connectivity index (χ1n) is 5.90. The van der Waals surface area contributed by atoms with Crippen LogP contribution in [-0.2, 0) is 9.47 Å². The molecule has 2 rings (SSSR count). The van der Waals surface area contributed by atoms with Crippen LogP contribution in [0, 0.1) is 0 Å². The normalized spacial score (nSPS) is 35.8. The van der Waals surface area contributed by atoms with Gasteiger partial charge in [0.2, 0.25) is 0 Å². The van der Waals surface area contributed by atoms with Crippen molar-refractivity contribution in [3.8, 4) is 0 Å². The van der Waals surface area contributed by atoms with Gasteiger partial charge in [0.1, 0.15) is 6.61 Å². The van der Waals surface area contributed by atoms with E-state index in [-0.39, 0.29) is 11.7 Å². The third-order valence-corrected chi connectivity index (χ3v) is 3.15. The molecule has 1 amide bonds. The van der Waals surface area contributed by atoms with Gasteiger partial charge in [0.05, 0.1) is 18.2 Å². The van der Waals surface area contributed by atoms with Gasteiger partial charge in [0.15, 0.2) is 0 Å². The number of amides is 1. The molecular formula is C12H19NO3. The van der Waals surface area contributed by atoms with Crippen molar-refractivity contribution >= 4 is 6.09 Å². The summed E-state index contributed by atoms with van der Waals surface area (Å²) >= 11 is 0. The van der Waals surface area contributed by atoms with Crippen LogP contribution in [0.4, 0.5) is 4.79 Å². The van der Waals surface area contributed by atoms with Gasteiger partial charge in [-0.05, 0) is 39.2 Å². The summed E-state index contributed by atoms with van der Waals surface area (Å²) < 4.78 is 10.8. The average molecular weight is 225 g/mol. The first-order valence-corrected chi connectivity index (χ1v) is 5.90. The second-order valence-corrected chi connectivity index (χ2v) is 4.76. The fourth-order valence-electron chi connectivity index (χ4n) is 2.23. The summed E-state index contributed by atoms with van der Waals surface area (Å²) in [6.45, 7) is 5.29. The summed E-state index contributed by atoms with van der Waals surface area (Å²) in [5.74, 6) is 0. The van der Waals surface area contributed by atoms with E-state index in [4.69, 9.17) is 9.47 Å². The van der Waals surface area contributed by atoms with Gasteiger partial charge in [0.25, 0.3) is 0 Å². The highest BCUT2D eigenvalue weighted by atomic mass is 16.6. The highest BCUT2D eigenvalue weighted by Gasteiger charge is 2.29. The SMILES string of the molecule is C[C@@H]1CCC[C@](C)(/C=C/N2CCOC2=O)O1. The lowest BCUT2D eigenvalue weighted by Crippen LogP contribution is -2.35. The summed E-state index contributed by atoms with van der Waals surface area (Å²) in [5.41, 5.74) is -0.236. The van der Waals surface area contributed by atoms with Crippen molar-refractivity contribution in [1.29, 1.82) is 0 Å². The number of hydrogen-bond acceptors (Lipinski definition) is 3. The van der Waals surface area contributed by atoms with E-state index in [1.54, 1.807) is 11.1 Å². The van der Waals surface area contributed by atoms with E-state index < -0.39 is 0 Å². The molecule has 0 aromatic heterocycles. The number of hydrogen-bond donors (Lipinski definition) is 0. The molecule has 2 aliphatic heterocycles. The highest BCUT2D eigenvalue weighted by molar-refractivity contribution is 5.70. The van der Waals surface area contributed by atoms with Gasteiger partial charge in [-0.1, -0.05) is 0 Å². The molecule has 2 atom stereocenters. The molecule has 0 bridgehead atoms. The topological polar surface area (TPSA) is 38.8 Å². The van der Waals surface area contributed by atoms with E-state index in [0.29, 0.717) is 19.3 Å². The first kappa shape index (κ1) is 11.5. The maximum absolute atomic E-state index is 11.2. The fraction of sp³-hybridized carbons (Fsp3) is 0.750. The lowest BCUT2D eigenvalue weighted by molar-refractivity contribution is -0.0798. The molecule has 0 aliphatic carbocycles. The van der Waals surface area contributed by atoms with E-state index in [9.17, 15) is 4.79 Å². The van der Waals surface area contributed by atoms with Gasteiger partial charge in [-0.2, -0.15) is 0 Å². The Morgan fingerprint density at radius 3 is 3.00 bits per heavy atom. The fourth-order valence-corrected chi connectivity index (χ4v) is 2.23. The zero-order valence-electron chi connectivity index (χ0n) is 9.94. The quantitative estimate of drug-likeness (QED) is 0.723. The Kier molecular flexibility index (Phi) is 3.19. The van der Waals surface area contributed by atoms with E-state index in [1.165, 1.54) is 6.42 Å². The van der Waals surface area contributed by atoms with Crippen LogP contribution in [0.5, 0.6) is 0 Å². The predicted octanol–water partition coefficient (Wildman–Crippen LogP) is 2.30. The van der Waals surface area contributed by atoms with Crippen LogP contribution in [0.2, 0.25) is 0 Å². The Morgan fingerprint density at radius 1 is 1.56 bits per heavy atom. The van der Waals surface area contributed by atoms with Crippen LogP contribution in [0.15, 0.2) is 12.3 Å². The molecule has 0 N–H and O–H groups in total. The molecule has 4 heteroatoms. The third kappa shape index (κ3) is 2.55. The summed E-state index contributed by atoms with van der Waals surface area (Å²) in [6, 6.07) is 0. The zero-order valence-corrected chi connectivity index (χ0v) is 9.94. The lowest BCUT2D eigenvalue weighted by Gasteiger charge is -2.35. The Balaban J connectivity index is 1.96. The van der Waals surface area contributed by atoms with Crippen molar-refractivity contribution in [1.82, 2.24) is 4.90 Å². The van der Waals surface area contributed by atoms with E-state index in [1.807, 2.05) is 6.08 Å². The third-order valence-electron chi connectivity index (χ3n) is 3.15. The summed E-state index contributed by atoms with van der Waals surface area (Å²) in [5, 5.41) is 0. The van der Waals surface area contributed by atoms with Crippen molar-refractivity contribution in [2.24, 2.45) is 0 Å². The van der Waals surface area contributed by atoms with Crippen LogP contribution < -0.4 is 0 Å². The van der Waals surface area contributed by atoms with Crippen molar-refractivity contribution < 1.29 is 14.3 Å². The molecule has 4 nitrogen and oxygen atoms in total. The van der Waals surface area contributed by atoms with Crippen LogP contribution in [0.3, 0.4) is 0 Å². The Bertz CT molecular complexity index is 303. The minimum Gasteiger partial charge on any atom is -0.447 e. The number of carbonyl (C=O) groups is 1. The van der Waals surface area contributed by atoms with Gasteiger partial charge in [-0.15, -0.1) is 0 Å². The molecule has 0 radical (unpaired) electrons. The van der Waals surface area contributed by atoms with Crippen LogP contribution in [-0.4, -0.2) is 35.8 Å².